The molecule has 0 fully saturated rings. The third kappa shape index (κ3) is 6.07. The molecule has 7 heteroatoms. The molecule has 0 aromatic heterocycles. The fourth-order valence-electron chi connectivity index (χ4n) is 2.76. The zero-order valence-electron chi connectivity index (χ0n) is 18.0. The van der Waals surface area contributed by atoms with Crippen molar-refractivity contribution in [1.82, 2.24) is 4.90 Å². The van der Waals surface area contributed by atoms with Crippen molar-refractivity contribution in [2.24, 2.45) is 5.92 Å². The van der Waals surface area contributed by atoms with E-state index < -0.39 is 4.92 Å². The first-order valence-electron chi connectivity index (χ1n) is 9.73. The second kappa shape index (κ2) is 10.4. The summed E-state index contributed by atoms with van der Waals surface area (Å²) in [5.74, 6) is 1.44. The Morgan fingerprint density at radius 3 is 2.53 bits per heavy atom. The highest BCUT2D eigenvalue weighted by Crippen LogP contribution is 2.29. The van der Waals surface area contributed by atoms with Crippen molar-refractivity contribution >= 4 is 17.7 Å². The lowest BCUT2D eigenvalue weighted by Crippen LogP contribution is -2.28. The molecular weight excluding hydrogens is 384 g/mol. The number of hydrogen-bond acceptors (Lipinski definition) is 5. The molecule has 0 aliphatic rings. The predicted molar refractivity (Wildman–Crippen MR) is 117 cm³/mol. The maximum absolute atomic E-state index is 12.6. The summed E-state index contributed by atoms with van der Waals surface area (Å²) in [6.45, 7) is 6.56. The Balaban J connectivity index is 2.10. The Labute approximate surface area is 177 Å². The van der Waals surface area contributed by atoms with Crippen LogP contribution in [0.15, 0.2) is 48.5 Å². The number of carbonyl (C=O) groups excluding carboxylic acids is 1. The number of carbonyl (C=O) groups is 1. The molecule has 2 aromatic rings. The van der Waals surface area contributed by atoms with Gasteiger partial charge >= 0.3 is 0 Å². The Kier molecular flexibility index (Phi) is 7.98. The number of amides is 1. The van der Waals surface area contributed by atoms with Crippen molar-refractivity contribution in [3.8, 4) is 11.5 Å². The summed E-state index contributed by atoms with van der Waals surface area (Å²) in [7, 11) is 3.24. The van der Waals surface area contributed by atoms with Crippen LogP contribution in [0.1, 0.15) is 37.9 Å². The summed E-state index contributed by atoms with van der Waals surface area (Å²) in [6, 6.07) is 11.5. The van der Waals surface area contributed by atoms with Crippen molar-refractivity contribution in [3.63, 3.8) is 0 Å². The Morgan fingerprint density at radius 1 is 1.17 bits per heavy atom. The van der Waals surface area contributed by atoms with E-state index in [1.807, 2.05) is 25.1 Å². The zero-order chi connectivity index (χ0) is 22.3. The number of nitro benzene ring substituents is 1. The van der Waals surface area contributed by atoms with Crippen molar-refractivity contribution < 1.29 is 19.2 Å². The average molecular weight is 412 g/mol. The molecule has 160 valence electrons. The minimum atomic E-state index is -0.445. The molecule has 2 rings (SSSR count). The number of ether oxygens (including phenoxy) is 2. The number of benzene rings is 2. The van der Waals surface area contributed by atoms with Gasteiger partial charge in [-0.3, -0.25) is 14.9 Å². The number of methoxy groups -OCH3 is 1. The molecule has 0 N–H and O–H groups in total. The molecule has 2 aromatic carbocycles. The summed E-state index contributed by atoms with van der Waals surface area (Å²) >= 11 is 0. The summed E-state index contributed by atoms with van der Waals surface area (Å²) in [5.41, 5.74) is 1.50. The van der Waals surface area contributed by atoms with Crippen molar-refractivity contribution in [1.29, 1.82) is 0 Å². The molecular formula is C23H28N2O5. The van der Waals surface area contributed by atoms with Gasteiger partial charge in [0.25, 0.3) is 5.69 Å². The van der Waals surface area contributed by atoms with Gasteiger partial charge in [0.05, 0.1) is 24.7 Å². The Morgan fingerprint density at radius 2 is 1.90 bits per heavy atom. The first-order chi connectivity index (χ1) is 14.2. The quantitative estimate of drug-likeness (QED) is 0.333. The van der Waals surface area contributed by atoms with E-state index >= 15 is 0 Å². The van der Waals surface area contributed by atoms with Crippen LogP contribution in [0.2, 0.25) is 0 Å². The van der Waals surface area contributed by atoms with Crippen molar-refractivity contribution in [3.05, 3.63) is 69.8 Å². The standard InChI is InChI=1S/C23H28N2O5/c1-16(2)15-30-21-11-9-18(13-22(21)29-5)10-12-23(26)24(4)17(3)19-7-6-8-20(14-19)25(27)28/h6-14,16-17H,15H2,1-5H3/b12-10+/t17-/m1/s1. The van der Waals surface area contributed by atoms with Gasteiger partial charge < -0.3 is 14.4 Å². The summed E-state index contributed by atoms with van der Waals surface area (Å²) in [4.78, 5) is 24.7. The fraction of sp³-hybridized carbons (Fsp3) is 0.348. The van der Waals surface area contributed by atoms with E-state index in [4.69, 9.17) is 9.47 Å². The van der Waals surface area contributed by atoms with E-state index in [0.717, 1.165) is 5.56 Å². The van der Waals surface area contributed by atoms with Crippen molar-refractivity contribution in [2.45, 2.75) is 26.8 Å². The topological polar surface area (TPSA) is 81.9 Å². The number of hydrogen-bond donors (Lipinski definition) is 0. The highest BCUT2D eigenvalue weighted by Gasteiger charge is 2.18. The maximum Gasteiger partial charge on any atom is 0.269 e. The lowest BCUT2D eigenvalue weighted by atomic mass is 10.1. The SMILES string of the molecule is COc1cc(/C=C/C(=O)N(C)[C@H](C)c2cccc([N+](=O)[O-])c2)ccc1OCC(C)C. The monoisotopic (exact) mass is 412 g/mol. The van der Waals surface area contributed by atoms with Gasteiger partial charge in [-0.2, -0.15) is 0 Å². The van der Waals surface area contributed by atoms with Crippen molar-refractivity contribution in [2.75, 3.05) is 20.8 Å². The number of nitro groups is 1. The van der Waals surface area contributed by atoms with Crippen LogP contribution in [0.25, 0.3) is 6.08 Å². The van der Waals surface area contributed by atoms with Gasteiger partial charge in [-0.05, 0) is 42.2 Å². The number of non-ortho nitro benzene ring substituents is 1. The average Bonchev–Trinajstić information content (AvgIpc) is 2.75. The van der Waals surface area contributed by atoms with Gasteiger partial charge in [-0.1, -0.05) is 32.0 Å². The van der Waals surface area contributed by atoms with E-state index in [1.54, 1.807) is 32.4 Å². The van der Waals surface area contributed by atoms with Gasteiger partial charge in [-0.25, -0.2) is 0 Å². The molecule has 7 nitrogen and oxygen atoms in total. The van der Waals surface area contributed by atoms with Crippen LogP contribution in [0, 0.1) is 16.0 Å². The lowest BCUT2D eigenvalue weighted by Gasteiger charge is -2.24. The van der Waals surface area contributed by atoms with Crippen LogP contribution in [0.3, 0.4) is 0 Å². The first kappa shape index (κ1) is 22.9. The number of likely N-dealkylation sites (N-methyl/N-ethyl adjacent to an activating group) is 1. The van der Waals surface area contributed by atoms with Gasteiger partial charge in [-0.15, -0.1) is 0 Å². The summed E-state index contributed by atoms with van der Waals surface area (Å²) in [6.07, 6.45) is 3.17. The highest BCUT2D eigenvalue weighted by molar-refractivity contribution is 5.92. The Bertz CT molecular complexity index is 924. The van der Waals surface area contributed by atoms with Crippen LogP contribution < -0.4 is 9.47 Å². The molecule has 0 aliphatic carbocycles. The smallest absolute Gasteiger partial charge is 0.269 e. The molecule has 0 unspecified atom stereocenters. The summed E-state index contributed by atoms with van der Waals surface area (Å²) < 4.78 is 11.1. The third-order valence-electron chi connectivity index (χ3n) is 4.67. The first-order valence-corrected chi connectivity index (χ1v) is 9.73. The molecule has 0 saturated carbocycles. The minimum Gasteiger partial charge on any atom is -0.493 e. The van der Waals surface area contributed by atoms with E-state index in [0.29, 0.717) is 29.6 Å². The van der Waals surface area contributed by atoms with Gasteiger partial charge in [0.15, 0.2) is 11.5 Å². The molecule has 1 atom stereocenters. The molecule has 1 amide bonds. The van der Waals surface area contributed by atoms with E-state index in [2.05, 4.69) is 13.8 Å². The molecule has 0 saturated heterocycles. The molecule has 0 heterocycles. The van der Waals surface area contributed by atoms with Crippen LogP contribution in [-0.2, 0) is 4.79 Å². The Hall–Kier alpha value is -3.35. The molecule has 0 spiro atoms. The van der Waals surface area contributed by atoms with Gasteiger partial charge in [0.2, 0.25) is 5.91 Å². The third-order valence-corrected chi connectivity index (χ3v) is 4.67. The van der Waals surface area contributed by atoms with Crippen LogP contribution >= 0.6 is 0 Å². The maximum atomic E-state index is 12.6. The second-order valence-electron chi connectivity index (χ2n) is 7.43. The molecule has 0 radical (unpaired) electrons. The molecule has 30 heavy (non-hydrogen) atoms. The number of rotatable bonds is 9. The minimum absolute atomic E-state index is 0.00242. The van der Waals surface area contributed by atoms with Gasteiger partial charge in [0.1, 0.15) is 0 Å². The predicted octanol–water partition coefficient (Wildman–Crippen LogP) is 4.87. The van der Waals surface area contributed by atoms with E-state index in [1.165, 1.54) is 23.1 Å². The van der Waals surface area contributed by atoms with E-state index in [-0.39, 0.29) is 17.6 Å². The highest BCUT2D eigenvalue weighted by atomic mass is 16.6. The largest absolute Gasteiger partial charge is 0.493 e. The molecule has 0 bridgehead atoms. The van der Waals surface area contributed by atoms with Crippen LogP contribution in [0.5, 0.6) is 11.5 Å². The zero-order valence-corrected chi connectivity index (χ0v) is 18.0. The fourth-order valence-corrected chi connectivity index (χ4v) is 2.76. The molecule has 0 aliphatic heterocycles. The van der Waals surface area contributed by atoms with Crippen LogP contribution in [0.4, 0.5) is 5.69 Å². The van der Waals surface area contributed by atoms with Crippen LogP contribution in [-0.4, -0.2) is 36.5 Å². The second-order valence-corrected chi connectivity index (χ2v) is 7.43. The van der Waals surface area contributed by atoms with Gasteiger partial charge in [0, 0.05) is 25.3 Å². The van der Waals surface area contributed by atoms with E-state index in [9.17, 15) is 14.9 Å². The summed E-state index contributed by atoms with van der Waals surface area (Å²) in [5, 5.41) is 11.0. The lowest BCUT2D eigenvalue weighted by molar-refractivity contribution is -0.384. The number of nitrogens with zero attached hydrogens (tertiary/aromatic N) is 2. The normalized spacial score (nSPS) is 12.1.